The molecule has 134 valence electrons. The van der Waals surface area contributed by atoms with Gasteiger partial charge >= 0.3 is 5.97 Å². The van der Waals surface area contributed by atoms with Crippen LogP contribution in [-0.4, -0.2) is 20.6 Å². The van der Waals surface area contributed by atoms with Crippen LogP contribution in [0.25, 0.3) is 22.4 Å². The third-order valence-corrected chi connectivity index (χ3v) is 5.22. The van der Waals surface area contributed by atoms with Gasteiger partial charge < -0.3 is 21.1 Å². The Morgan fingerprint density at radius 3 is 2.50 bits per heavy atom. The van der Waals surface area contributed by atoms with Gasteiger partial charge in [0.25, 0.3) is 0 Å². The third-order valence-electron chi connectivity index (χ3n) is 5.22. The molecule has 4 rings (SSSR count). The van der Waals surface area contributed by atoms with Gasteiger partial charge in [-0.25, -0.2) is 9.78 Å². The minimum atomic E-state index is -0.947. The summed E-state index contributed by atoms with van der Waals surface area (Å²) in [5, 5.41) is 9.29. The largest absolute Gasteiger partial charge is 0.478 e. The Bertz CT molecular complexity index is 987. The summed E-state index contributed by atoms with van der Waals surface area (Å²) in [5.74, 6) is -0.126. The molecule has 0 atom stereocenters. The molecule has 5 N–H and O–H groups in total. The van der Waals surface area contributed by atoms with Crippen LogP contribution in [-0.2, 0) is 0 Å². The number of carboxylic acids is 1. The van der Waals surface area contributed by atoms with Gasteiger partial charge in [0.15, 0.2) is 0 Å². The van der Waals surface area contributed by atoms with Gasteiger partial charge in [-0.05, 0) is 49.2 Å². The molecule has 1 aliphatic rings. The maximum atomic E-state index is 11.3. The van der Waals surface area contributed by atoms with Gasteiger partial charge in [0.05, 0.1) is 28.0 Å². The van der Waals surface area contributed by atoms with Crippen molar-refractivity contribution in [2.24, 2.45) is 0 Å². The zero-order valence-electron chi connectivity index (χ0n) is 14.5. The number of nitrogen functional groups attached to an aromatic ring is 2. The summed E-state index contributed by atoms with van der Waals surface area (Å²) in [6, 6.07) is 11.1. The van der Waals surface area contributed by atoms with Crippen LogP contribution >= 0.6 is 0 Å². The molecule has 1 heterocycles. The van der Waals surface area contributed by atoms with E-state index in [0.29, 0.717) is 22.9 Å². The molecule has 0 saturated heterocycles. The van der Waals surface area contributed by atoms with E-state index in [1.807, 2.05) is 18.2 Å². The number of aromatic carboxylic acids is 1. The number of fused-ring (bicyclic) bond motifs is 1. The molecule has 1 aliphatic carbocycles. The van der Waals surface area contributed by atoms with Gasteiger partial charge in [-0.3, -0.25) is 0 Å². The Kier molecular flexibility index (Phi) is 4.03. The number of carboxylic acid groups (broad SMARTS) is 1. The first-order chi connectivity index (χ1) is 12.5. The molecule has 26 heavy (non-hydrogen) atoms. The first kappa shape index (κ1) is 16.4. The number of hydrogen-bond acceptors (Lipinski definition) is 4. The van der Waals surface area contributed by atoms with Crippen LogP contribution < -0.4 is 11.5 Å². The molecule has 0 radical (unpaired) electrons. The van der Waals surface area contributed by atoms with Crippen LogP contribution in [0, 0.1) is 0 Å². The number of rotatable bonds is 3. The summed E-state index contributed by atoms with van der Waals surface area (Å²) in [5.41, 5.74) is 15.7. The predicted octanol–water partition coefficient (Wildman–Crippen LogP) is 4.07. The molecule has 1 saturated carbocycles. The SMILES string of the molecule is Nc1ccc(-c2nc3cc(C(=O)O)ccc3n2C2CCCCC2)cc1N. The summed E-state index contributed by atoms with van der Waals surface area (Å²) in [7, 11) is 0. The third kappa shape index (κ3) is 2.77. The molecule has 0 unspecified atom stereocenters. The van der Waals surface area contributed by atoms with Crippen molar-refractivity contribution in [2.45, 2.75) is 38.1 Å². The molecule has 1 aromatic heterocycles. The van der Waals surface area contributed by atoms with Crippen LogP contribution in [0.3, 0.4) is 0 Å². The Labute approximate surface area is 151 Å². The fourth-order valence-electron chi connectivity index (χ4n) is 3.86. The molecule has 0 spiro atoms. The number of carbonyl (C=O) groups is 1. The quantitative estimate of drug-likeness (QED) is 0.617. The van der Waals surface area contributed by atoms with Crippen molar-refractivity contribution < 1.29 is 9.90 Å². The van der Waals surface area contributed by atoms with E-state index in [2.05, 4.69) is 4.57 Å². The highest BCUT2D eigenvalue weighted by molar-refractivity contribution is 5.93. The maximum Gasteiger partial charge on any atom is 0.335 e. The summed E-state index contributed by atoms with van der Waals surface area (Å²) in [6.45, 7) is 0. The zero-order valence-corrected chi connectivity index (χ0v) is 14.5. The molecule has 6 nitrogen and oxygen atoms in total. The van der Waals surface area contributed by atoms with Crippen LogP contribution in [0.2, 0.25) is 0 Å². The van der Waals surface area contributed by atoms with E-state index in [1.165, 1.54) is 19.3 Å². The lowest BCUT2D eigenvalue weighted by atomic mass is 9.94. The summed E-state index contributed by atoms with van der Waals surface area (Å²) in [6.07, 6.45) is 5.85. The lowest BCUT2D eigenvalue weighted by Gasteiger charge is -2.25. The number of nitrogens with zero attached hydrogens (tertiary/aromatic N) is 2. The van der Waals surface area contributed by atoms with E-state index in [-0.39, 0.29) is 5.56 Å². The highest BCUT2D eigenvalue weighted by atomic mass is 16.4. The van der Waals surface area contributed by atoms with E-state index in [1.54, 1.807) is 18.2 Å². The van der Waals surface area contributed by atoms with Crippen molar-refractivity contribution in [2.75, 3.05) is 11.5 Å². The maximum absolute atomic E-state index is 11.3. The van der Waals surface area contributed by atoms with Crippen molar-refractivity contribution >= 4 is 28.4 Å². The molecule has 0 bridgehead atoms. The molecular formula is C20H22N4O2. The molecule has 1 fully saturated rings. The highest BCUT2D eigenvalue weighted by Crippen LogP contribution is 2.37. The Balaban J connectivity index is 1.93. The second kappa shape index (κ2) is 6.37. The van der Waals surface area contributed by atoms with Gasteiger partial charge in [0, 0.05) is 11.6 Å². The van der Waals surface area contributed by atoms with Gasteiger partial charge in [-0.15, -0.1) is 0 Å². The fraction of sp³-hybridized carbons (Fsp3) is 0.300. The summed E-state index contributed by atoms with van der Waals surface area (Å²) >= 11 is 0. The Morgan fingerprint density at radius 2 is 1.81 bits per heavy atom. The first-order valence-corrected chi connectivity index (χ1v) is 8.95. The number of imidazole rings is 1. The van der Waals surface area contributed by atoms with Crippen LogP contribution in [0.15, 0.2) is 36.4 Å². The van der Waals surface area contributed by atoms with E-state index >= 15 is 0 Å². The second-order valence-electron chi connectivity index (χ2n) is 6.95. The number of hydrogen-bond donors (Lipinski definition) is 3. The van der Waals surface area contributed by atoms with E-state index < -0.39 is 5.97 Å². The number of benzene rings is 2. The van der Waals surface area contributed by atoms with Gasteiger partial charge in [-0.2, -0.15) is 0 Å². The normalized spacial score (nSPS) is 15.4. The van der Waals surface area contributed by atoms with Crippen molar-refractivity contribution in [3.05, 3.63) is 42.0 Å². The molecule has 6 heteroatoms. The minimum absolute atomic E-state index is 0.245. The van der Waals surface area contributed by atoms with Crippen LogP contribution in [0.4, 0.5) is 11.4 Å². The smallest absolute Gasteiger partial charge is 0.335 e. The topological polar surface area (TPSA) is 107 Å². The molecule has 3 aromatic rings. The van der Waals surface area contributed by atoms with Crippen molar-refractivity contribution in [3.63, 3.8) is 0 Å². The van der Waals surface area contributed by atoms with Crippen molar-refractivity contribution in [1.82, 2.24) is 9.55 Å². The zero-order chi connectivity index (χ0) is 18.3. The standard InChI is InChI=1S/C20H22N4O2/c21-15-8-6-12(10-16(15)22)19-23-17-11-13(20(25)26)7-9-18(17)24(19)14-4-2-1-3-5-14/h6-11,14H,1-5,21-22H2,(H,25,26). The van der Waals surface area contributed by atoms with Gasteiger partial charge in [-0.1, -0.05) is 19.3 Å². The highest BCUT2D eigenvalue weighted by Gasteiger charge is 2.23. The Hall–Kier alpha value is -3.02. The minimum Gasteiger partial charge on any atom is -0.478 e. The van der Waals surface area contributed by atoms with E-state index in [4.69, 9.17) is 16.5 Å². The monoisotopic (exact) mass is 350 g/mol. The molecule has 0 amide bonds. The number of nitrogens with two attached hydrogens (primary N) is 2. The van der Waals surface area contributed by atoms with Crippen LogP contribution in [0.1, 0.15) is 48.5 Å². The molecule has 0 aliphatic heterocycles. The first-order valence-electron chi connectivity index (χ1n) is 8.95. The predicted molar refractivity (Wildman–Crippen MR) is 103 cm³/mol. The van der Waals surface area contributed by atoms with Crippen LogP contribution in [0.5, 0.6) is 0 Å². The second-order valence-corrected chi connectivity index (χ2v) is 6.95. The van der Waals surface area contributed by atoms with Gasteiger partial charge in [0.1, 0.15) is 5.82 Å². The van der Waals surface area contributed by atoms with Gasteiger partial charge in [0.2, 0.25) is 0 Å². The Morgan fingerprint density at radius 1 is 1.04 bits per heavy atom. The number of anilines is 2. The van der Waals surface area contributed by atoms with Crippen molar-refractivity contribution in [3.8, 4) is 11.4 Å². The lowest BCUT2D eigenvalue weighted by Crippen LogP contribution is -2.14. The average molecular weight is 350 g/mol. The number of aromatic nitrogens is 2. The average Bonchev–Trinajstić information content (AvgIpc) is 3.03. The summed E-state index contributed by atoms with van der Waals surface area (Å²) < 4.78 is 2.26. The summed E-state index contributed by atoms with van der Waals surface area (Å²) in [4.78, 5) is 16.1. The molecule has 2 aromatic carbocycles. The lowest BCUT2D eigenvalue weighted by molar-refractivity contribution is 0.0697. The van der Waals surface area contributed by atoms with E-state index in [0.717, 1.165) is 29.7 Å². The fourth-order valence-corrected chi connectivity index (χ4v) is 3.86. The molecular weight excluding hydrogens is 328 g/mol. The van der Waals surface area contributed by atoms with Crippen molar-refractivity contribution in [1.29, 1.82) is 0 Å². The van der Waals surface area contributed by atoms with E-state index in [9.17, 15) is 9.90 Å².